The molecular weight excluding hydrogens is 271 g/mol. The van der Waals surface area contributed by atoms with Gasteiger partial charge in [0.1, 0.15) is 5.75 Å². The lowest BCUT2D eigenvalue weighted by Gasteiger charge is -2.10. The van der Waals surface area contributed by atoms with E-state index >= 15 is 0 Å². The number of aromatic hydroxyl groups is 1. The van der Waals surface area contributed by atoms with Crippen molar-refractivity contribution in [1.29, 1.82) is 0 Å². The van der Waals surface area contributed by atoms with E-state index in [2.05, 4.69) is 10.9 Å². The van der Waals surface area contributed by atoms with E-state index in [1.54, 1.807) is 6.07 Å². The fraction of sp³-hybridized carbons (Fsp3) is 0.0769. The Kier molecular flexibility index (Phi) is 4.31. The SMILES string of the molecule is Oc1cc(CNNc2ccccc2)c(Cl)cc1Cl. The zero-order chi connectivity index (χ0) is 13.0. The molecule has 0 aliphatic rings. The van der Waals surface area contributed by atoms with Gasteiger partial charge < -0.3 is 10.5 Å². The number of phenols is 1. The van der Waals surface area contributed by atoms with Crippen LogP contribution in [0.3, 0.4) is 0 Å². The fourth-order valence-electron chi connectivity index (χ4n) is 1.48. The number of hydrazine groups is 1. The quantitative estimate of drug-likeness (QED) is 0.747. The van der Waals surface area contributed by atoms with Crippen LogP contribution in [0.1, 0.15) is 5.56 Å². The largest absolute Gasteiger partial charge is 0.506 e. The molecule has 2 rings (SSSR count). The molecule has 0 saturated carbocycles. The second-order valence-electron chi connectivity index (χ2n) is 3.74. The van der Waals surface area contributed by atoms with Gasteiger partial charge in [0, 0.05) is 17.3 Å². The normalized spacial score (nSPS) is 10.3. The molecule has 0 atom stereocenters. The Balaban J connectivity index is 1.97. The lowest BCUT2D eigenvalue weighted by atomic mass is 10.2. The molecule has 2 aromatic rings. The molecule has 0 spiro atoms. The van der Waals surface area contributed by atoms with Crippen LogP contribution in [0, 0.1) is 0 Å². The summed E-state index contributed by atoms with van der Waals surface area (Å²) in [5.41, 5.74) is 7.76. The topological polar surface area (TPSA) is 44.3 Å². The number of para-hydroxylation sites is 1. The average Bonchev–Trinajstić information content (AvgIpc) is 2.37. The third-order valence-electron chi connectivity index (χ3n) is 2.40. The highest BCUT2D eigenvalue weighted by Gasteiger charge is 2.05. The van der Waals surface area contributed by atoms with Gasteiger partial charge in [0.2, 0.25) is 0 Å². The highest BCUT2D eigenvalue weighted by Crippen LogP contribution is 2.29. The number of nitrogens with one attached hydrogen (secondary N) is 2. The Labute approximate surface area is 115 Å². The van der Waals surface area contributed by atoms with E-state index in [4.69, 9.17) is 23.2 Å². The van der Waals surface area contributed by atoms with Gasteiger partial charge in [-0.3, -0.25) is 0 Å². The molecular formula is C13H12Cl2N2O. The average molecular weight is 283 g/mol. The predicted molar refractivity (Wildman–Crippen MR) is 75.0 cm³/mol. The number of anilines is 1. The van der Waals surface area contributed by atoms with Gasteiger partial charge in [-0.1, -0.05) is 41.4 Å². The molecule has 0 radical (unpaired) electrons. The van der Waals surface area contributed by atoms with E-state index in [0.29, 0.717) is 11.6 Å². The van der Waals surface area contributed by atoms with Crippen LogP contribution in [-0.4, -0.2) is 5.11 Å². The van der Waals surface area contributed by atoms with E-state index < -0.39 is 0 Å². The number of hydrogen-bond acceptors (Lipinski definition) is 3. The molecule has 0 aromatic heterocycles. The van der Waals surface area contributed by atoms with E-state index in [-0.39, 0.29) is 10.8 Å². The monoisotopic (exact) mass is 282 g/mol. The minimum atomic E-state index is 0.0255. The zero-order valence-corrected chi connectivity index (χ0v) is 11.0. The summed E-state index contributed by atoms with van der Waals surface area (Å²) in [5.74, 6) is 0.0255. The summed E-state index contributed by atoms with van der Waals surface area (Å²) in [4.78, 5) is 0. The van der Waals surface area contributed by atoms with E-state index in [9.17, 15) is 5.11 Å². The van der Waals surface area contributed by atoms with Crippen molar-refractivity contribution in [1.82, 2.24) is 5.43 Å². The number of rotatable bonds is 4. The van der Waals surface area contributed by atoms with Crippen LogP contribution in [0.25, 0.3) is 0 Å². The minimum absolute atomic E-state index is 0.0255. The first-order valence-electron chi connectivity index (χ1n) is 5.37. The van der Waals surface area contributed by atoms with Gasteiger partial charge in [0.15, 0.2) is 0 Å². The Bertz CT molecular complexity index is 532. The summed E-state index contributed by atoms with van der Waals surface area (Å²) in [6.07, 6.45) is 0. The molecule has 0 aliphatic heterocycles. The van der Waals surface area contributed by atoms with E-state index in [0.717, 1.165) is 11.3 Å². The summed E-state index contributed by atoms with van der Waals surface area (Å²) in [7, 11) is 0. The van der Waals surface area contributed by atoms with Gasteiger partial charge in [-0.2, -0.15) is 0 Å². The van der Waals surface area contributed by atoms with Crippen molar-refractivity contribution in [3.63, 3.8) is 0 Å². The van der Waals surface area contributed by atoms with Crippen molar-refractivity contribution in [3.8, 4) is 5.75 Å². The predicted octanol–water partition coefficient (Wildman–Crippen LogP) is 3.82. The summed E-state index contributed by atoms with van der Waals surface area (Å²) in [6.45, 7) is 0.471. The smallest absolute Gasteiger partial charge is 0.134 e. The van der Waals surface area contributed by atoms with Crippen molar-refractivity contribution < 1.29 is 5.11 Å². The number of benzene rings is 2. The molecule has 0 fully saturated rings. The lowest BCUT2D eigenvalue weighted by Crippen LogP contribution is -2.20. The van der Waals surface area contributed by atoms with Crippen molar-refractivity contribution >= 4 is 28.9 Å². The summed E-state index contributed by atoms with van der Waals surface area (Å²) < 4.78 is 0. The molecule has 18 heavy (non-hydrogen) atoms. The number of phenolic OH excluding ortho intramolecular Hbond substituents is 1. The molecule has 3 nitrogen and oxygen atoms in total. The Morgan fingerprint density at radius 1 is 1.00 bits per heavy atom. The van der Waals surface area contributed by atoms with Crippen molar-refractivity contribution in [3.05, 3.63) is 58.1 Å². The van der Waals surface area contributed by atoms with Crippen LogP contribution in [0.2, 0.25) is 10.0 Å². The summed E-state index contributed by atoms with van der Waals surface area (Å²) in [6, 6.07) is 12.8. The van der Waals surface area contributed by atoms with Crippen LogP contribution >= 0.6 is 23.2 Å². The molecule has 2 aromatic carbocycles. The molecule has 0 heterocycles. The van der Waals surface area contributed by atoms with Crippen LogP contribution in [0.15, 0.2) is 42.5 Å². The number of hydrogen-bond donors (Lipinski definition) is 3. The molecule has 94 valence electrons. The Morgan fingerprint density at radius 3 is 2.44 bits per heavy atom. The first kappa shape index (κ1) is 13.0. The second kappa shape index (κ2) is 5.96. The zero-order valence-electron chi connectivity index (χ0n) is 9.45. The minimum Gasteiger partial charge on any atom is -0.506 e. The maximum atomic E-state index is 9.50. The fourth-order valence-corrected chi connectivity index (χ4v) is 1.93. The molecule has 0 amide bonds. The maximum Gasteiger partial charge on any atom is 0.134 e. The van der Waals surface area contributed by atoms with E-state index in [1.165, 1.54) is 6.07 Å². The Hall–Kier alpha value is -1.42. The molecule has 5 heteroatoms. The van der Waals surface area contributed by atoms with Gasteiger partial charge >= 0.3 is 0 Å². The molecule has 0 aliphatic carbocycles. The second-order valence-corrected chi connectivity index (χ2v) is 4.55. The van der Waals surface area contributed by atoms with Crippen molar-refractivity contribution in [2.45, 2.75) is 6.54 Å². The first-order chi connectivity index (χ1) is 8.66. The Morgan fingerprint density at radius 2 is 1.72 bits per heavy atom. The highest BCUT2D eigenvalue weighted by atomic mass is 35.5. The maximum absolute atomic E-state index is 9.50. The van der Waals surface area contributed by atoms with Gasteiger partial charge in [0.05, 0.1) is 5.02 Å². The van der Waals surface area contributed by atoms with Crippen LogP contribution in [-0.2, 0) is 6.54 Å². The van der Waals surface area contributed by atoms with Crippen molar-refractivity contribution in [2.24, 2.45) is 0 Å². The third kappa shape index (κ3) is 3.29. The highest BCUT2D eigenvalue weighted by molar-refractivity contribution is 6.35. The van der Waals surface area contributed by atoms with Crippen LogP contribution in [0.4, 0.5) is 5.69 Å². The summed E-state index contributed by atoms with van der Waals surface area (Å²) >= 11 is 11.8. The third-order valence-corrected chi connectivity index (χ3v) is 3.06. The first-order valence-corrected chi connectivity index (χ1v) is 6.13. The van der Waals surface area contributed by atoms with E-state index in [1.807, 2.05) is 30.3 Å². The number of halogens is 2. The van der Waals surface area contributed by atoms with Crippen molar-refractivity contribution in [2.75, 3.05) is 5.43 Å². The lowest BCUT2D eigenvalue weighted by molar-refractivity contribution is 0.474. The van der Waals surface area contributed by atoms with Gasteiger partial charge in [-0.25, -0.2) is 5.43 Å². The molecule has 3 N–H and O–H groups in total. The molecule has 0 bridgehead atoms. The summed E-state index contributed by atoms with van der Waals surface area (Å²) in [5, 5.41) is 10.3. The molecule has 0 saturated heterocycles. The van der Waals surface area contributed by atoms with Gasteiger partial charge in [-0.05, 0) is 29.8 Å². The van der Waals surface area contributed by atoms with Crippen LogP contribution < -0.4 is 10.9 Å². The van der Waals surface area contributed by atoms with Gasteiger partial charge in [-0.15, -0.1) is 0 Å². The standard InChI is InChI=1S/C13H12Cl2N2O/c14-11-7-12(15)13(18)6-9(11)8-16-17-10-4-2-1-3-5-10/h1-7,16-18H,8H2. The van der Waals surface area contributed by atoms with Gasteiger partial charge in [0.25, 0.3) is 0 Å². The van der Waals surface area contributed by atoms with Crippen LogP contribution in [0.5, 0.6) is 5.75 Å². The molecule has 0 unspecified atom stereocenters.